The molecule has 0 unspecified atom stereocenters. The van der Waals surface area contributed by atoms with Crippen LogP contribution in [0.25, 0.3) is 22.4 Å². The number of nitrogens with zero attached hydrogens (tertiary/aromatic N) is 1. The minimum atomic E-state index is -0.338. The molecule has 5 heteroatoms. The highest BCUT2D eigenvalue weighted by atomic mass is 19.1. The van der Waals surface area contributed by atoms with Crippen molar-refractivity contribution in [2.75, 3.05) is 0 Å². The van der Waals surface area contributed by atoms with E-state index >= 15 is 0 Å². The number of hydrogen-bond acceptors (Lipinski definition) is 2. The Morgan fingerprint density at radius 3 is 2.94 bits per heavy atom. The van der Waals surface area contributed by atoms with Crippen molar-refractivity contribution in [2.45, 2.75) is 0 Å². The summed E-state index contributed by atoms with van der Waals surface area (Å²) in [7, 11) is 0. The number of fused-ring (bicyclic) bond motifs is 1. The van der Waals surface area contributed by atoms with E-state index in [0.717, 1.165) is 0 Å². The number of imidazole rings is 1. The summed E-state index contributed by atoms with van der Waals surface area (Å²) in [5, 5.41) is 0. The second-order valence-electron chi connectivity index (χ2n) is 3.67. The molecule has 0 saturated heterocycles. The molecule has 4 nitrogen and oxygen atoms in total. The first-order valence-electron chi connectivity index (χ1n) is 5.07. The molecule has 0 aliphatic carbocycles. The molecule has 17 heavy (non-hydrogen) atoms. The SMILES string of the molecule is O=c1cc[nH]cc1-c1nc2ccc(F)cc2[nH]1. The van der Waals surface area contributed by atoms with Crippen LogP contribution in [0.5, 0.6) is 0 Å². The molecule has 0 amide bonds. The lowest BCUT2D eigenvalue weighted by Crippen LogP contribution is -2.03. The molecule has 84 valence electrons. The number of aromatic amines is 2. The minimum absolute atomic E-state index is 0.136. The zero-order chi connectivity index (χ0) is 11.8. The summed E-state index contributed by atoms with van der Waals surface area (Å²) in [5.74, 6) is 0.0992. The van der Waals surface area contributed by atoms with Gasteiger partial charge in [0.25, 0.3) is 0 Å². The van der Waals surface area contributed by atoms with Crippen LogP contribution in [0.1, 0.15) is 0 Å². The van der Waals surface area contributed by atoms with Gasteiger partial charge in [0, 0.05) is 18.5 Å². The Balaban J connectivity index is 2.25. The van der Waals surface area contributed by atoms with Gasteiger partial charge in [-0.05, 0) is 18.2 Å². The van der Waals surface area contributed by atoms with Crippen molar-refractivity contribution in [1.29, 1.82) is 0 Å². The third-order valence-corrected chi connectivity index (χ3v) is 2.52. The first-order valence-corrected chi connectivity index (χ1v) is 5.07. The molecule has 0 atom stereocenters. The number of rotatable bonds is 1. The van der Waals surface area contributed by atoms with Crippen LogP contribution in [-0.4, -0.2) is 15.0 Å². The van der Waals surface area contributed by atoms with Crippen LogP contribution in [0, 0.1) is 5.82 Å². The standard InChI is InChI=1S/C12H8FN3O/c13-7-1-2-9-10(5-7)16-12(15-9)8-6-14-4-3-11(8)17/h1-6H,(H,14,17)(H,15,16). The zero-order valence-electron chi connectivity index (χ0n) is 8.70. The predicted molar refractivity (Wildman–Crippen MR) is 62.1 cm³/mol. The van der Waals surface area contributed by atoms with Crippen molar-refractivity contribution in [3.05, 3.63) is 52.7 Å². The number of halogens is 1. The molecule has 0 spiro atoms. The Morgan fingerprint density at radius 1 is 1.24 bits per heavy atom. The van der Waals surface area contributed by atoms with E-state index in [-0.39, 0.29) is 11.2 Å². The fourth-order valence-corrected chi connectivity index (χ4v) is 1.71. The first kappa shape index (κ1) is 9.77. The lowest BCUT2D eigenvalue weighted by molar-refractivity contribution is 0.629. The van der Waals surface area contributed by atoms with E-state index in [4.69, 9.17) is 0 Å². The van der Waals surface area contributed by atoms with Crippen molar-refractivity contribution in [2.24, 2.45) is 0 Å². The summed E-state index contributed by atoms with van der Waals surface area (Å²) in [6, 6.07) is 5.68. The van der Waals surface area contributed by atoms with Crippen LogP contribution in [0.4, 0.5) is 4.39 Å². The van der Waals surface area contributed by atoms with Gasteiger partial charge in [-0.3, -0.25) is 4.79 Å². The van der Waals surface area contributed by atoms with Crippen LogP contribution in [0.15, 0.2) is 41.5 Å². The lowest BCUT2D eigenvalue weighted by atomic mass is 10.2. The Morgan fingerprint density at radius 2 is 2.12 bits per heavy atom. The van der Waals surface area contributed by atoms with Crippen LogP contribution in [0.3, 0.4) is 0 Å². The molecular formula is C12H8FN3O. The summed E-state index contributed by atoms with van der Waals surface area (Å²) in [4.78, 5) is 21.6. The van der Waals surface area contributed by atoms with Crippen molar-refractivity contribution < 1.29 is 4.39 Å². The summed E-state index contributed by atoms with van der Waals surface area (Å²) < 4.78 is 13.0. The van der Waals surface area contributed by atoms with E-state index in [2.05, 4.69) is 15.0 Å². The first-order chi connectivity index (χ1) is 8.24. The van der Waals surface area contributed by atoms with Gasteiger partial charge in [-0.2, -0.15) is 0 Å². The second-order valence-corrected chi connectivity index (χ2v) is 3.67. The second kappa shape index (κ2) is 3.55. The molecule has 3 aromatic rings. The van der Waals surface area contributed by atoms with Crippen molar-refractivity contribution in [1.82, 2.24) is 15.0 Å². The van der Waals surface area contributed by atoms with E-state index in [1.165, 1.54) is 18.2 Å². The van der Waals surface area contributed by atoms with Crippen molar-refractivity contribution in [3.63, 3.8) is 0 Å². The molecule has 0 fully saturated rings. The van der Waals surface area contributed by atoms with Crippen LogP contribution < -0.4 is 5.43 Å². The zero-order valence-corrected chi connectivity index (χ0v) is 8.70. The number of pyridine rings is 1. The van der Waals surface area contributed by atoms with Gasteiger partial charge in [0.1, 0.15) is 11.6 Å². The normalized spacial score (nSPS) is 10.9. The fraction of sp³-hybridized carbons (Fsp3) is 0. The molecule has 0 saturated carbocycles. The topological polar surface area (TPSA) is 61.5 Å². The number of aromatic nitrogens is 3. The van der Waals surface area contributed by atoms with E-state index in [0.29, 0.717) is 22.4 Å². The lowest BCUT2D eigenvalue weighted by Gasteiger charge is -1.92. The predicted octanol–water partition coefficient (Wildman–Crippen LogP) is 2.06. The highest BCUT2D eigenvalue weighted by Gasteiger charge is 2.08. The Kier molecular flexibility index (Phi) is 2.04. The highest BCUT2D eigenvalue weighted by molar-refractivity contribution is 5.79. The van der Waals surface area contributed by atoms with Gasteiger partial charge in [-0.1, -0.05) is 0 Å². The van der Waals surface area contributed by atoms with Gasteiger partial charge in [0.2, 0.25) is 0 Å². The minimum Gasteiger partial charge on any atom is -0.367 e. The average Bonchev–Trinajstić information content (AvgIpc) is 2.72. The number of H-pyrrole nitrogens is 2. The molecule has 3 rings (SSSR count). The maximum absolute atomic E-state index is 13.0. The van der Waals surface area contributed by atoms with Crippen LogP contribution >= 0.6 is 0 Å². The van der Waals surface area contributed by atoms with Crippen LogP contribution in [-0.2, 0) is 0 Å². The average molecular weight is 229 g/mol. The Bertz CT molecular complexity index is 745. The molecule has 2 heterocycles. The van der Waals surface area contributed by atoms with E-state index in [9.17, 15) is 9.18 Å². The Hall–Kier alpha value is -2.43. The molecule has 1 aromatic carbocycles. The van der Waals surface area contributed by atoms with Crippen molar-refractivity contribution in [3.8, 4) is 11.4 Å². The van der Waals surface area contributed by atoms with E-state index in [1.54, 1.807) is 18.5 Å². The monoisotopic (exact) mass is 229 g/mol. The smallest absolute Gasteiger partial charge is 0.192 e. The molecule has 2 N–H and O–H groups in total. The molecule has 0 aliphatic rings. The molecule has 0 aliphatic heterocycles. The van der Waals surface area contributed by atoms with E-state index < -0.39 is 0 Å². The summed E-state index contributed by atoms with van der Waals surface area (Å²) in [5.41, 5.74) is 1.50. The summed E-state index contributed by atoms with van der Waals surface area (Å²) >= 11 is 0. The quantitative estimate of drug-likeness (QED) is 0.670. The number of nitrogens with one attached hydrogen (secondary N) is 2. The fourth-order valence-electron chi connectivity index (χ4n) is 1.71. The van der Waals surface area contributed by atoms with E-state index in [1.807, 2.05) is 0 Å². The van der Waals surface area contributed by atoms with Crippen LogP contribution in [0.2, 0.25) is 0 Å². The largest absolute Gasteiger partial charge is 0.367 e. The molecule has 0 radical (unpaired) electrons. The van der Waals surface area contributed by atoms with Gasteiger partial charge in [-0.25, -0.2) is 9.37 Å². The third kappa shape index (κ3) is 1.61. The van der Waals surface area contributed by atoms with Gasteiger partial charge in [-0.15, -0.1) is 0 Å². The molecule has 0 bridgehead atoms. The number of hydrogen-bond donors (Lipinski definition) is 2. The molecule has 2 aromatic heterocycles. The maximum Gasteiger partial charge on any atom is 0.192 e. The van der Waals surface area contributed by atoms with Crippen molar-refractivity contribution >= 4 is 11.0 Å². The summed E-state index contributed by atoms with van der Waals surface area (Å²) in [6.07, 6.45) is 3.12. The summed E-state index contributed by atoms with van der Waals surface area (Å²) in [6.45, 7) is 0. The molecular weight excluding hydrogens is 221 g/mol. The highest BCUT2D eigenvalue weighted by Crippen LogP contribution is 2.17. The third-order valence-electron chi connectivity index (χ3n) is 2.52. The maximum atomic E-state index is 13.0. The van der Waals surface area contributed by atoms with Gasteiger partial charge in [0.15, 0.2) is 5.43 Å². The Labute approximate surface area is 95.1 Å². The van der Waals surface area contributed by atoms with Gasteiger partial charge >= 0.3 is 0 Å². The van der Waals surface area contributed by atoms with Gasteiger partial charge < -0.3 is 9.97 Å². The van der Waals surface area contributed by atoms with Gasteiger partial charge in [0.05, 0.1) is 16.6 Å². The number of benzene rings is 1.